The molecule has 1 aliphatic heterocycles. The predicted octanol–water partition coefficient (Wildman–Crippen LogP) is 2.36. The van der Waals surface area contributed by atoms with Gasteiger partial charge in [-0.1, -0.05) is 0 Å². The van der Waals surface area contributed by atoms with Crippen LogP contribution in [-0.4, -0.2) is 41.0 Å². The quantitative estimate of drug-likeness (QED) is 0.685. The summed E-state index contributed by atoms with van der Waals surface area (Å²) in [5, 5.41) is 0. The number of likely N-dealkylation sites (tertiary alicyclic amines) is 1. The van der Waals surface area contributed by atoms with Gasteiger partial charge in [0.25, 0.3) is 0 Å². The van der Waals surface area contributed by atoms with E-state index in [1.807, 2.05) is 0 Å². The van der Waals surface area contributed by atoms with Crippen LogP contribution in [0.4, 0.5) is 0 Å². The first-order valence-electron chi connectivity index (χ1n) is 5.85. The summed E-state index contributed by atoms with van der Waals surface area (Å²) in [5.74, 6) is 0. The molecule has 0 saturated carbocycles. The van der Waals surface area contributed by atoms with E-state index >= 15 is 0 Å². The van der Waals surface area contributed by atoms with Crippen molar-refractivity contribution in [1.82, 2.24) is 9.80 Å². The van der Waals surface area contributed by atoms with Crippen LogP contribution >= 0.6 is 0 Å². The third kappa shape index (κ3) is 2.96. The van der Waals surface area contributed by atoms with Crippen LogP contribution in [0.2, 0.25) is 0 Å². The van der Waals surface area contributed by atoms with Crippen molar-refractivity contribution in [1.29, 1.82) is 0 Å². The number of nitrogens with zero attached hydrogens (tertiary/aromatic N) is 2. The van der Waals surface area contributed by atoms with Gasteiger partial charge in [0.2, 0.25) is 0 Å². The zero-order valence-corrected chi connectivity index (χ0v) is 10.2. The standard InChI is InChI=1S/C12H25N2/c1-10(2)14(11(3)4)12-7-6-8-13(5)9-12/h10-12H,5-9H2,1-4H3. The molecular weight excluding hydrogens is 172 g/mol. The van der Waals surface area contributed by atoms with Crippen molar-refractivity contribution in [3.63, 3.8) is 0 Å². The third-order valence-corrected chi connectivity index (χ3v) is 3.09. The molecule has 1 saturated heterocycles. The van der Waals surface area contributed by atoms with Gasteiger partial charge in [0.05, 0.1) is 0 Å². The Morgan fingerprint density at radius 2 is 1.79 bits per heavy atom. The van der Waals surface area contributed by atoms with Crippen LogP contribution in [0.25, 0.3) is 0 Å². The van der Waals surface area contributed by atoms with Crippen LogP contribution in [0.5, 0.6) is 0 Å². The minimum absolute atomic E-state index is 0.645. The molecule has 1 unspecified atom stereocenters. The molecule has 0 aromatic rings. The Kier molecular flexibility index (Phi) is 4.39. The molecule has 0 aromatic heterocycles. The average molecular weight is 197 g/mol. The van der Waals surface area contributed by atoms with E-state index in [1.54, 1.807) is 0 Å². The Labute approximate surface area is 89.3 Å². The first-order valence-corrected chi connectivity index (χ1v) is 5.85. The lowest BCUT2D eigenvalue weighted by Gasteiger charge is -2.42. The molecule has 0 aliphatic carbocycles. The van der Waals surface area contributed by atoms with Crippen LogP contribution in [0.15, 0.2) is 0 Å². The zero-order valence-electron chi connectivity index (χ0n) is 10.2. The Hall–Kier alpha value is -0.0800. The fourth-order valence-electron chi connectivity index (χ4n) is 2.71. The molecule has 1 radical (unpaired) electrons. The first-order chi connectivity index (χ1) is 6.52. The van der Waals surface area contributed by atoms with Crippen molar-refractivity contribution >= 4 is 0 Å². The molecule has 1 atom stereocenters. The molecule has 1 fully saturated rings. The topological polar surface area (TPSA) is 6.48 Å². The van der Waals surface area contributed by atoms with Crippen molar-refractivity contribution in [2.24, 2.45) is 0 Å². The minimum atomic E-state index is 0.645. The smallest absolute Gasteiger partial charge is 0.0229 e. The van der Waals surface area contributed by atoms with Gasteiger partial charge in [0.1, 0.15) is 0 Å². The Bertz CT molecular complexity index is 158. The second kappa shape index (κ2) is 5.13. The Morgan fingerprint density at radius 1 is 1.21 bits per heavy atom. The van der Waals surface area contributed by atoms with Crippen LogP contribution in [0, 0.1) is 7.05 Å². The second-order valence-corrected chi connectivity index (χ2v) is 5.01. The molecule has 1 heterocycles. The molecular formula is C12H25N2. The van der Waals surface area contributed by atoms with Crippen molar-refractivity contribution in [2.45, 2.75) is 58.7 Å². The van der Waals surface area contributed by atoms with Gasteiger partial charge in [-0.3, -0.25) is 4.90 Å². The van der Waals surface area contributed by atoms with Crippen LogP contribution in [0.3, 0.4) is 0 Å². The average Bonchev–Trinajstić information content (AvgIpc) is 2.02. The summed E-state index contributed by atoms with van der Waals surface area (Å²) in [6, 6.07) is 2.00. The molecule has 0 amide bonds. The van der Waals surface area contributed by atoms with Gasteiger partial charge in [0, 0.05) is 31.7 Å². The third-order valence-electron chi connectivity index (χ3n) is 3.09. The molecule has 14 heavy (non-hydrogen) atoms. The highest BCUT2D eigenvalue weighted by molar-refractivity contribution is 4.84. The van der Waals surface area contributed by atoms with Crippen molar-refractivity contribution in [3.8, 4) is 0 Å². The molecule has 2 heteroatoms. The van der Waals surface area contributed by atoms with E-state index in [0.717, 1.165) is 6.54 Å². The molecule has 83 valence electrons. The van der Waals surface area contributed by atoms with Gasteiger partial charge >= 0.3 is 0 Å². The van der Waals surface area contributed by atoms with Gasteiger partial charge < -0.3 is 4.90 Å². The summed E-state index contributed by atoms with van der Waals surface area (Å²) in [5.41, 5.74) is 0. The maximum Gasteiger partial charge on any atom is 0.0229 e. The largest absolute Gasteiger partial charge is 0.301 e. The first kappa shape index (κ1) is 12.0. The molecule has 1 rings (SSSR count). The van der Waals surface area contributed by atoms with Crippen molar-refractivity contribution < 1.29 is 0 Å². The molecule has 1 aliphatic rings. The van der Waals surface area contributed by atoms with Gasteiger partial charge in [-0.2, -0.15) is 0 Å². The highest BCUT2D eigenvalue weighted by Gasteiger charge is 2.26. The lowest BCUT2D eigenvalue weighted by molar-refractivity contribution is 0.0653. The summed E-state index contributed by atoms with van der Waals surface area (Å²) in [4.78, 5) is 4.84. The fraction of sp³-hybridized carbons (Fsp3) is 0.917. The van der Waals surface area contributed by atoms with Crippen molar-refractivity contribution in [2.75, 3.05) is 13.1 Å². The van der Waals surface area contributed by atoms with Crippen LogP contribution < -0.4 is 0 Å². The SMILES string of the molecule is [CH2]N1CCCC(N(C(C)C)C(C)C)C1. The number of hydrogen-bond acceptors (Lipinski definition) is 2. The highest BCUT2D eigenvalue weighted by atomic mass is 15.2. The van der Waals surface area contributed by atoms with Crippen LogP contribution in [0.1, 0.15) is 40.5 Å². The van der Waals surface area contributed by atoms with E-state index in [-0.39, 0.29) is 0 Å². The number of piperidine rings is 1. The van der Waals surface area contributed by atoms with E-state index in [2.05, 4.69) is 44.5 Å². The van der Waals surface area contributed by atoms with Crippen LogP contribution in [-0.2, 0) is 0 Å². The fourth-order valence-corrected chi connectivity index (χ4v) is 2.71. The molecule has 2 nitrogen and oxygen atoms in total. The lowest BCUT2D eigenvalue weighted by atomic mass is 10.0. The van der Waals surface area contributed by atoms with Gasteiger partial charge in [0.15, 0.2) is 0 Å². The summed E-state index contributed by atoms with van der Waals surface area (Å²) in [7, 11) is 4.06. The maximum atomic E-state index is 4.06. The number of rotatable bonds is 3. The summed E-state index contributed by atoms with van der Waals surface area (Å²) in [6.07, 6.45) is 2.63. The van der Waals surface area contributed by atoms with E-state index in [4.69, 9.17) is 0 Å². The van der Waals surface area contributed by atoms with Gasteiger partial charge in [-0.15, -0.1) is 0 Å². The molecule has 0 bridgehead atoms. The van der Waals surface area contributed by atoms with E-state index in [1.165, 1.54) is 19.4 Å². The lowest BCUT2D eigenvalue weighted by Crippen LogP contribution is -2.51. The predicted molar refractivity (Wildman–Crippen MR) is 62.1 cm³/mol. The van der Waals surface area contributed by atoms with Gasteiger partial charge in [-0.25, -0.2) is 0 Å². The normalized spacial score (nSPS) is 25.3. The van der Waals surface area contributed by atoms with Crippen molar-refractivity contribution in [3.05, 3.63) is 7.05 Å². The minimum Gasteiger partial charge on any atom is -0.301 e. The van der Waals surface area contributed by atoms with Gasteiger partial charge in [-0.05, 0) is 47.1 Å². The summed E-state index contributed by atoms with van der Waals surface area (Å²) in [6.45, 7) is 11.5. The maximum absolute atomic E-state index is 4.06. The molecule has 0 aromatic carbocycles. The number of hydrogen-bond donors (Lipinski definition) is 0. The monoisotopic (exact) mass is 197 g/mol. The van der Waals surface area contributed by atoms with E-state index in [9.17, 15) is 0 Å². The summed E-state index contributed by atoms with van der Waals surface area (Å²) >= 11 is 0. The Morgan fingerprint density at radius 3 is 2.21 bits per heavy atom. The van der Waals surface area contributed by atoms with E-state index in [0.29, 0.717) is 18.1 Å². The zero-order chi connectivity index (χ0) is 10.7. The molecule has 0 spiro atoms. The van der Waals surface area contributed by atoms with E-state index < -0.39 is 0 Å². The molecule has 0 N–H and O–H groups in total. The summed E-state index contributed by atoms with van der Waals surface area (Å²) < 4.78 is 0. The second-order valence-electron chi connectivity index (χ2n) is 5.01. The Balaban J connectivity index is 2.58. The highest BCUT2D eigenvalue weighted by Crippen LogP contribution is 2.19.